The Morgan fingerprint density at radius 3 is 2.40 bits per heavy atom. The fourth-order valence-electron chi connectivity index (χ4n) is 6.40. The van der Waals surface area contributed by atoms with Crippen LogP contribution in [-0.4, -0.2) is 71.6 Å². The Hall–Kier alpha value is -3.60. The van der Waals surface area contributed by atoms with Gasteiger partial charge in [-0.3, -0.25) is 19.2 Å². The highest BCUT2D eigenvalue weighted by molar-refractivity contribution is 6.03. The van der Waals surface area contributed by atoms with Gasteiger partial charge in [-0.15, -0.1) is 0 Å². The highest BCUT2D eigenvalue weighted by atomic mass is 16.5. The molecule has 10 nitrogen and oxygen atoms in total. The number of ether oxygens (including phenoxy) is 2. The summed E-state index contributed by atoms with van der Waals surface area (Å²) < 4.78 is 10.9. The minimum atomic E-state index is -0.824. The van der Waals surface area contributed by atoms with Crippen LogP contribution >= 0.6 is 0 Å². The highest BCUT2D eigenvalue weighted by Crippen LogP contribution is 2.43. The van der Waals surface area contributed by atoms with Gasteiger partial charge in [-0.2, -0.15) is 0 Å². The number of esters is 1. The van der Waals surface area contributed by atoms with Crippen molar-refractivity contribution in [3.05, 3.63) is 47.0 Å². The molecule has 4 atom stereocenters. The summed E-state index contributed by atoms with van der Waals surface area (Å²) >= 11 is 0. The first-order valence-electron chi connectivity index (χ1n) is 15.6. The van der Waals surface area contributed by atoms with E-state index >= 15 is 0 Å². The van der Waals surface area contributed by atoms with Gasteiger partial charge in [0.2, 0.25) is 0 Å². The Morgan fingerprint density at radius 2 is 1.80 bits per heavy atom. The third kappa shape index (κ3) is 8.99. The van der Waals surface area contributed by atoms with Crippen molar-refractivity contribution in [1.29, 1.82) is 0 Å². The van der Waals surface area contributed by atoms with Gasteiger partial charge in [0.15, 0.2) is 5.78 Å². The average Bonchev–Trinajstić information content (AvgIpc) is 2.97. The summed E-state index contributed by atoms with van der Waals surface area (Å²) in [5.41, 5.74) is 3.22. The molecule has 2 aromatic carbocycles. The number of ketones is 3. The molecule has 1 aliphatic rings. The predicted molar refractivity (Wildman–Crippen MR) is 169 cm³/mol. The number of fused-ring (bicyclic) bond motifs is 1. The normalized spacial score (nSPS) is 16.5. The molecule has 246 valence electrons. The lowest BCUT2D eigenvalue weighted by Crippen LogP contribution is -2.41. The van der Waals surface area contributed by atoms with Crippen molar-refractivity contribution in [2.75, 3.05) is 26.9 Å². The van der Waals surface area contributed by atoms with E-state index in [1.54, 1.807) is 20.1 Å². The average molecular weight is 626 g/mol. The molecule has 3 rings (SSSR count). The first-order valence-corrected chi connectivity index (χ1v) is 15.6. The molecule has 0 fully saturated rings. The smallest absolute Gasteiger partial charge is 0.323 e. The van der Waals surface area contributed by atoms with E-state index in [2.05, 4.69) is 5.32 Å². The molecule has 10 heteroatoms. The van der Waals surface area contributed by atoms with Crippen LogP contribution < -0.4 is 10.1 Å². The molecule has 0 saturated heterocycles. The molecular weight excluding hydrogens is 578 g/mol. The third-order valence-electron chi connectivity index (χ3n) is 8.56. The molecule has 0 aliphatic heterocycles. The number of hydrogen-bond acceptors (Lipinski definition) is 10. The van der Waals surface area contributed by atoms with E-state index in [-0.39, 0.29) is 78.9 Å². The van der Waals surface area contributed by atoms with Crippen LogP contribution in [0.3, 0.4) is 0 Å². The van der Waals surface area contributed by atoms with E-state index in [4.69, 9.17) is 9.47 Å². The SMILES string of the molecule is CCOC(=O)C(NCc1ccc(OC)c(-c2ccc(O)c3c2CC(CC(CCO)C(CO)C(=O)CC(C)=O)CC3=O)c1)C(C)C. The van der Waals surface area contributed by atoms with Crippen molar-refractivity contribution in [3.63, 3.8) is 0 Å². The van der Waals surface area contributed by atoms with E-state index < -0.39 is 24.5 Å². The number of hydrogen-bond donors (Lipinski definition) is 4. The number of Topliss-reactive ketones (excluding diaryl/α,β-unsaturated/α-hetero) is 3. The van der Waals surface area contributed by atoms with Crippen molar-refractivity contribution in [2.45, 2.75) is 72.4 Å². The molecule has 2 aromatic rings. The van der Waals surface area contributed by atoms with Gasteiger partial charge in [0, 0.05) is 31.1 Å². The second-order valence-corrected chi connectivity index (χ2v) is 12.2. The molecule has 4 N–H and O–H groups in total. The zero-order valence-corrected chi connectivity index (χ0v) is 26.9. The standard InChI is InChI=1S/C35H47NO9/c1-6-45-35(43)34(20(2)3)36-18-22-7-10-32(44-5)26(15-22)25-8-9-29(40)33-27(25)16-23(17-31(33)42)14-24(11-12-37)28(19-38)30(41)13-21(4)39/h7-10,15,20,23-24,28,34,36-38,40H,6,11-14,16-19H2,1-5H3. The topological polar surface area (TPSA) is 159 Å². The maximum absolute atomic E-state index is 13.5. The van der Waals surface area contributed by atoms with Gasteiger partial charge < -0.3 is 30.1 Å². The lowest BCUT2D eigenvalue weighted by atomic mass is 9.72. The second kappa shape index (κ2) is 16.6. The molecular formula is C35H47NO9. The summed E-state index contributed by atoms with van der Waals surface area (Å²) in [5.74, 6) is -2.23. The van der Waals surface area contributed by atoms with Crippen LogP contribution in [0, 0.1) is 23.7 Å². The van der Waals surface area contributed by atoms with Crippen LogP contribution in [0.15, 0.2) is 30.3 Å². The summed E-state index contributed by atoms with van der Waals surface area (Å²) in [6.07, 6.45) is 0.874. The van der Waals surface area contributed by atoms with Crippen molar-refractivity contribution in [3.8, 4) is 22.6 Å². The Bertz CT molecular complexity index is 1370. The Morgan fingerprint density at radius 1 is 1.07 bits per heavy atom. The fraction of sp³-hybridized carbons (Fsp3) is 0.543. The summed E-state index contributed by atoms with van der Waals surface area (Å²) in [6.45, 7) is 6.98. The quantitative estimate of drug-likeness (QED) is 0.149. The maximum Gasteiger partial charge on any atom is 0.323 e. The van der Waals surface area contributed by atoms with Gasteiger partial charge in [-0.25, -0.2) is 0 Å². The number of aromatic hydroxyl groups is 1. The number of aliphatic hydroxyl groups is 2. The predicted octanol–water partition coefficient (Wildman–Crippen LogP) is 4.04. The first-order chi connectivity index (χ1) is 21.4. The summed E-state index contributed by atoms with van der Waals surface area (Å²) in [6, 6.07) is 8.42. The third-order valence-corrected chi connectivity index (χ3v) is 8.56. The van der Waals surface area contributed by atoms with Crippen molar-refractivity contribution in [1.82, 2.24) is 5.32 Å². The number of aliphatic hydroxyl groups excluding tert-OH is 2. The van der Waals surface area contributed by atoms with E-state index in [9.17, 15) is 34.5 Å². The zero-order valence-electron chi connectivity index (χ0n) is 26.9. The number of rotatable bonds is 17. The van der Waals surface area contributed by atoms with E-state index in [1.165, 1.54) is 13.0 Å². The van der Waals surface area contributed by atoms with Gasteiger partial charge in [0.25, 0.3) is 0 Å². The Balaban J connectivity index is 1.97. The molecule has 0 aromatic heterocycles. The lowest BCUT2D eigenvalue weighted by Gasteiger charge is -2.32. The minimum Gasteiger partial charge on any atom is -0.507 e. The van der Waals surface area contributed by atoms with Crippen LogP contribution in [0.2, 0.25) is 0 Å². The number of carbonyl (C=O) groups is 4. The number of methoxy groups -OCH3 is 1. The molecule has 4 unspecified atom stereocenters. The van der Waals surface area contributed by atoms with Crippen molar-refractivity contribution in [2.24, 2.45) is 23.7 Å². The van der Waals surface area contributed by atoms with Crippen molar-refractivity contribution < 1.29 is 44.0 Å². The molecule has 0 saturated carbocycles. The van der Waals surface area contributed by atoms with E-state index in [0.717, 1.165) is 16.7 Å². The lowest BCUT2D eigenvalue weighted by molar-refractivity contribution is -0.147. The summed E-state index contributed by atoms with van der Waals surface area (Å²) in [4.78, 5) is 50.4. The van der Waals surface area contributed by atoms with Crippen LogP contribution in [0.1, 0.15) is 74.9 Å². The van der Waals surface area contributed by atoms with Crippen LogP contribution in [0.5, 0.6) is 11.5 Å². The second-order valence-electron chi connectivity index (χ2n) is 12.2. The number of benzene rings is 2. The molecule has 0 spiro atoms. The molecule has 0 bridgehead atoms. The molecule has 0 heterocycles. The fourth-order valence-corrected chi connectivity index (χ4v) is 6.40. The van der Waals surface area contributed by atoms with Crippen LogP contribution in [0.4, 0.5) is 0 Å². The monoisotopic (exact) mass is 625 g/mol. The van der Waals surface area contributed by atoms with Gasteiger partial charge in [-0.1, -0.05) is 26.0 Å². The van der Waals surface area contributed by atoms with Crippen molar-refractivity contribution >= 4 is 23.3 Å². The molecule has 45 heavy (non-hydrogen) atoms. The summed E-state index contributed by atoms with van der Waals surface area (Å²) in [7, 11) is 1.56. The van der Waals surface area contributed by atoms with E-state index in [1.807, 2.05) is 32.0 Å². The highest BCUT2D eigenvalue weighted by Gasteiger charge is 2.35. The first kappa shape index (κ1) is 35.9. The molecule has 0 amide bonds. The number of phenols is 1. The Labute approximate surface area is 265 Å². The van der Waals surface area contributed by atoms with Gasteiger partial charge in [0.1, 0.15) is 29.1 Å². The van der Waals surface area contributed by atoms with Crippen LogP contribution in [-0.2, 0) is 32.1 Å². The van der Waals surface area contributed by atoms with Gasteiger partial charge in [0.05, 0.1) is 32.3 Å². The zero-order chi connectivity index (χ0) is 33.3. The van der Waals surface area contributed by atoms with Crippen LogP contribution in [0.25, 0.3) is 11.1 Å². The number of carbonyl (C=O) groups excluding carboxylic acids is 4. The van der Waals surface area contributed by atoms with E-state index in [0.29, 0.717) is 30.7 Å². The number of phenolic OH excluding ortho intramolecular Hbond substituents is 1. The minimum absolute atomic E-state index is 0.00618. The molecule has 0 radical (unpaired) electrons. The van der Waals surface area contributed by atoms with Gasteiger partial charge >= 0.3 is 5.97 Å². The maximum atomic E-state index is 13.5. The Kier molecular flexibility index (Phi) is 13.3. The van der Waals surface area contributed by atoms with Gasteiger partial charge in [-0.05, 0) is 85.8 Å². The largest absolute Gasteiger partial charge is 0.507 e. The number of nitrogens with one attached hydrogen (secondary N) is 1. The molecule has 1 aliphatic carbocycles. The summed E-state index contributed by atoms with van der Waals surface area (Å²) in [5, 5.41) is 33.9.